The van der Waals surface area contributed by atoms with Gasteiger partial charge in [0, 0.05) is 16.9 Å². The van der Waals surface area contributed by atoms with Crippen molar-refractivity contribution < 1.29 is 14.3 Å². The van der Waals surface area contributed by atoms with E-state index in [1.54, 1.807) is 18.2 Å². The molecule has 7 nitrogen and oxygen atoms in total. The molecule has 1 aliphatic rings. The molecule has 0 saturated carbocycles. The molecule has 0 spiro atoms. The van der Waals surface area contributed by atoms with E-state index in [4.69, 9.17) is 9.47 Å². The van der Waals surface area contributed by atoms with Crippen molar-refractivity contribution in [3.05, 3.63) is 51.4 Å². The van der Waals surface area contributed by atoms with Gasteiger partial charge in [-0.1, -0.05) is 6.92 Å². The van der Waals surface area contributed by atoms with Crippen molar-refractivity contribution in [3.63, 3.8) is 0 Å². The molecule has 0 unspecified atom stereocenters. The number of rotatable bonds is 3. The van der Waals surface area contributed by atoms with Gasteiger partial charge in [0.15, 0.2) is 11.5 Å². The van der Waals surface area contributed by atoms with Gasteiger partial charge in [-0.25, -0.2) is 9.66 Å². The standard InChI is InChI=1S/C18H17N3O4S/c1-2-12-9-13-17(26-12)19-10-21(18(13)23)20-16(22)11-4-5-14-15(8-11)25-7-3-6-24-14/h4-5,8-10H,2-3,6-7H2,1H3,(H,20,22). The Morgan fingerprint density at radius 1 is 1.27 bits per heavy atom. The number of nitrogens with zero attached hydrogens (tertiary/aromatic N) is 2. The van der Waals surface area contributed by atoms with E-state index in [9.17, 15) is 9.59 Å². The monoisotopic (exact) mass is 371 g/mol. The molecule has 8 heteroatoms. The molecular formula is C18H17N3O4S. The van der Waals surface area contributed by atoms with Crippen molar-refractivity contribution in [2.45, 2.75) is 19.8 Å². The second kappa shape index (κ2) is 6.80. The molecule has 134 valence electrons. The Labute approximate surface area is 153 Å². The Bertz CT molecular complexity index is 1040. The lowest BCUT2D eigenvalue weighted by Gasteiger charge is -2.10. The Morgan fingerprint density at radius 3 is 2.88 bits per heavy atom. The quantitative estimate of drug-likeness (QED) is 0.765. The number of nitrogens with one attached hydrogen (secondary N) is 1. The Hall–Kier alpha value is -2.87. The van der Waals surface area contributed by atoms with Gasteiger partial charge in [-0.2, -0.15) is 0 Å². The van der Waals surface area contributed by atoms with E-state index in [1.807, 2.05) is 13.0 Å². The van der Waals surface area contributed by atoms with Crippen LogP contribution in [0.5, 0.6) is 11.5 Å². The maximum atomic E-state index is 12.6. The van der Waals surface area contributed by atoms with Crippen LogP contribution in [0.2, 0.25) is 0 Å². The average molecular weight is 371 g/mol. The van der Waals surface area contributed by atoms with Crippen LogP contribution < -0.4 is 20.5 Å². The van der Waals surface area contributed by atoms with E-state index >= 15 is 0 Å². The van der Waals surface area contributed by atoms with Crippen LogP contribution in [-0.4, -0.2) is 28.8 Å². The molecule has 0 fully saturated rings. The number of carbonyl (C=O) groups is 1. The molecule has 1 aromatic carbocycles. The predicted molar refractivity (Wildman–Crippen MR) is 99.0 cm³/mol. The highest BCUT2D eigenvalue weighted by molar-refractivity contribution is 7.18. The summed E-state index contributed by atoms with van der Waals surface area (Å²) in [5, 5.41) is 0.508. The van der Waals surface area contributed by atoms with Gasteiger partial charge >= 0.3 is 0 Å². The van der Waals surface area contributed by atoms with Crippen molar-refractivity contribution in [1.82, 2.24) is 9.66 Å². The van der Waals surface area contributed by atoms with Crippen LogP contribution in [-0.2, 0) is 6.42 Å². The third kappa shape index (κ3) is 3.03. The molecular weight excluding hydrogens is 354 g/mol. The normalized spacial score (nSPS) is 13.4. The van der Waals surface area contributed by atoms with Crippen molar-refractivity contribution in [2.24, 2.45) is 0 Å². The first-order chi connectivity index (χ1) is 12.7. The number of aromatic nitrogens is 2. The number of aryl methyl sites for hydroxylation is 1. The van der Waals surface area contributed by atoms with Crippen LogP contribution in [0.15, 0.2) is 35.4 Å². The summed E-state index contributed by atoms with van der Waals surface area (Å²) in [7, 11) is 0. The van der Waals surface area contributed by atoms with Crippen LogP contribution in [0.3, 0.4) is 0 Å². The summed E-state index contributed by atoms with van der Waals surface area (Å²) in [6.45, 7) is 3.14. The minimum absolute atomic E-state index is 0.298. The molecule has 3 aromatic rings. The molecule has 0 aliphatic carbocycles. The summed E-state index contributed by atoms with van der Waals surface area (Å²) < 4.78 is 12.3. The van der Waals surface area contributed by atoms with Gasteiger partial charge in [-0.05, 0) is 30.7 Å². The van der Waals surface area contributed by atoms with Crippen molar-refractivity contribution >= 4 is 27.5 Å². The molecule has 0 radical (unpaired) electrons. The smallest absolute Gasteiger partial charge is 0.280 e. The number of fused-ring (bicyclic) bond motifs is 2. The predicted octanol–water partition coefficient (Wildman–Crippen LogP) is 2.57. The Morgan fingerprint density at radius 2 is 2.08 bits per heavy atom. The SMILES string of the molecule is CCc1cc2c(=O)n(NC(=O)c3ccc4c(c3)OCCCO4)cnc2s1. The lowest BCUT2D eigenvalue weighted by molar-refractivity contribution is 0.101. The summed E-state index contributed by atoms with van der Waals surface area (Å²) >= 11 is 1.49. The minimum Gasteiger partial charge on any atom is -0.490 e. The molecule has 1 amide bonds. The van der Waals surface area contributed by atoms with Crippen LogP contribution in [0, 0.1) is 0 Å². The van der Waals surface area contributed by atoms with Crippen LogP contribution >= 0.6 is 11.3 Å². The fraction of sp³-hybridized carbons (Fsp3) is 0.278. The number of amides is 1. The largest absolute Gasteiger partial charge is 0.490 e. The Kier molecular flexibility index (Phi) is 4.34. The summed E-state index contributed by atoms with van der Waals surface area (Å²) in [4.78, 5) is 31.1. The first-order valence-electron chi connectivity index (χ1n) is 8.37. The molecule has 1 N–H and O–H groups in total. The number of benzene rings is 1. The fourth-order valence-corrected chi connectivity index (χ4v) is 3.63. The lowest BCUT2D eigenvalue weighted by atomic mass is 10.2. The summed E-state index contributed by atoms with van der Waals surface area (Å²) in [5.74, 6) is 0.723. The minimum atomic E-state index is -0.421. The lowest BCUT2D eigenvalue weighted by Crippen LogP contribution is -2.33. The molecule has 0 bridgehead atoms. The van der Waals surface area contributed by atoms with E-state index in [0.29, 0.717) is 40.5 Å². The van der Waals surface area contributed by atoms with Crippen molar-refractivity contribution in [3.8, 4) is 11.5 Å². The second-order valence-electron chi connectivity index (χ2n) is 5.86. The third-order valence-corrected chi connectivity index (χ3v) is 5.27. The van der Waals surface area contributed by atoms with Crippen molar-refractivity contribution in [1.29, 1.82) is 0 Å². The first kappa shape index (κ1) is 16.6. The highest BCUT2D eigenvalue weighted by Gasteiger charge is 2.15. The first-order valence-corrected chi connectivity index (χ1v) is 9.18. The number of ether oxygens (including phenoxy) is 2. The van der Waals surface area contributed by atoms with E-state index in [1.165, 1.54) is 17.7 Å². The molecule has 1 aliphatic heterocycles. The van der Waals surface area contributed by atoms with Crippen molar-refractivity contribution in [2.75, 3.05) is 18.6 Å². The highest BCUT2D eigenvalue weighted by atomic mass is 32.1. The maximum absolute atomic E-state index is 12.6. The van der Waals surface area contributed by atoms with Crippen LogP contribution in [0.4, 0.5) is 0 Å². The topological polar surface area (TPSA) is 82.5 Å². The molecule has 0 atom stereocenters. The van der Waals surface area contributed by atoms with Gasteiger partial charge < -0.3 is 9.47 Å². The van der Waals surface area contributed by atoms with E-state index in [2.05, 4.69) is 10.4 Å². The van der Waals surface area contributed by atoms with E-state index in [-0.39, 0.29) is 5.56 Å². The summed E-state index contributed by atoms with van der Waals surface area (Å²) in [6.07, 6.45) is 2.96. The van der Waals surface area contributed by atoms with Crippen LogP contribution in [0.1, 0.15) is 28.6 Å². The van der Waals surface area contributed by atoms with Gasteiger partial charge in [0.2, 0.25) is 0 Å². The van der Waals surface area contributed by atoms with Gasteiger partial charge in [0.1, 0.15) is 11.2 Å². The molecule has 0 saturated heterocycles. The number of hydrogen-bond donors (Lipinski definition) is 1. The second-order valence-corrected chi connectivity index (χ2v) is 6.97. The number of hydrogen-bond acceptors (Lipinski definition) is 6. The number of thiophene rings is 1. The molecule has 2 aromatic heterocycles. The fourth-order valence-electron chi connectivity index (χ4n) is 2.71. The molecule has 3 heterocycles. The van der Waals surface area contributed by atoms with Gasteiger partial charge in [0.05, 0.1) is 18.6 Å². The van der Waals surface area contributed by atoms with Crippen LogP contribution in [0.25, 0.3) is 10.2 Å². The Balaban J connectivity index is 1.62. The zero-order valence-electron chi connectivity index (χ0n) is 14.2. The van der Waals surface area contributed by atoms with E-state index < -0.39 is 5.91 Å². The summed E-state index contributed by atoms with van der Waals surface area (Å²) in [5.41, 5.74) is 2.66. The van der Waals surface area contributed by atoms with E-state index in [0.717, 1.165) is 22.4 Å². The maximum Gasteiger partial charge on any atom is 0.280 e. The van der Waals surface area contributed by atoms with Gasteiger partial charge in [-0.3, -0.25) is 15.0 Å². The average Bonchev–Trinajstić information content (AvgIpc) is 2.94. The molecule has 4 rings (SSSR count). The third-order valence-electron chi connectivity index (χ3n) is 4.08. The summed E-state index contributed by atoms with van der Waals surface area (Å²) in [6, 6.07) is 6.78. The van der Waals surface area contributed by atoms with Gasteiger partial charge in [-0.15, -0.1) is 11.3 Å². The zero-order chi connectivity index (χ0) is 18.1. The molecule has 26 heavy (non-hydrogen) atoms. The highest BCUT2D eigenvalue weighted by Crippen LogP contribution is 2.30. The van der Waals surface area contributed by atoms with Gasteiger partial charge in [0.25, 0.3) is 11.5 Å². The number of carbonyl (C=O) groups excluding carboxylic acids is 1. The zero-order valence-corrected chi connectivity index (χ0v) is 15.0.